The molecule has 0 amide bonds. The van der Waals surface area contributed by atoms with Crippen LogP contribution < -0.4 is 0 Å². The standard InChI is InChI=1S/C52H36N2/c1-3-15-37(16-4-1)35-51(53-47-23-11-7-19-43(47)44-20-8-12-24-48(44)53)41-31-27-39(28-32-41)40-29-33-42(34-30-40)52(36-38-17-5-2-6-18-38)54-49-25-13-9-21-45(49)46-22-10-14-26-50(46)54/h1-36H. The van der Waals surface area contributed by atoms with Gasteiger partial charge in [-0.3, -0.25) is 0 Å². The third-order valence-corrected chi connectivity index (χ3v) is 10.5. The molecule has 10 rings (SSSR count). The molecule has 0 aliphatic heterocycles. The van der Waals surface area contributed by atoms with Gasteiger partial charge in [0.05, 0.1) is 33.5 Å². The first-order chi connectivity index (χ1) is 26.8. The van der Waals surface area contributed by atoms with Crippen molar-refractivity contribution in [2.75, 3.05) is 0 Å². The minimum atomic E-state index is 1.14. The predicted octanol–water partition coefficient (Wildman–Crippen LogP) is 13.7. The fraction of sp³-hybridized carbons (Fsp3) is 0. The summed E-state index contributed by atoms with van der Waals surface area (Å²) in [4.78, 5) is 0. The molecule has 0 atom stereocenters. The number of aromatic nitrogens is 2. The molecule has 8 aromatic carbocycles. The molecule has 2 aromatic heterocycles. The monoisotopic (exact) mass is 688 g/mol. The molecule has 0 saturated carbocycles. The molecular formula is C52H36N2. The molecule has 0 bridgehead atoms. The van der Waals surface area contributed by atoms with Crippen LogP contribution in [0.25, 0.3) is 78.3 Å². The molecule has 0 saturated heterocycles. The van der Waals surface area contributed by atoms with Gasteiger partial charge in [0.15, 0.2) is 0 Å². The SMILES string of the molecule is C(=C(c1ccc(-c2ccc(C(=Cc3ccccc3)n3c4ccccc4c4ccccc43)cc2)cc1)n1c2ccccc2c2ccccc21)c1ccccc1. The van der Waals surface area contributed by atoms with Crippen LogP contribution in [0.3, 0.4) is 0 Å². The van der Waals surface area contributed by atoms with Crippen molar-refractivity contribution < 1.29 is 0 Å². The number of rotatable bonds is 7. The Morgan fingerprint density at radius 2 is 0.556 bits per heavy atom. The highest BCUT2D eigenvalue weighted by Gasteiger charge is 2.17. The van der Waals surface area contributed by atoms with Crippen LogP contribution in [0.15, 0.2) is 206 Å². The number of fused-ring (bicyclic) bond motifs is 6. The maximum atomic E-state index is 2.41. The Hall–Kier alpha value is -7.16. The van der Waals surface area contributed by atoms with Crippen molar-refractivity contribution in [2.24, 2.45) is 0 Å². The number of hydrogen-bond donors (Lipinski definition) is 0. The van der Waals surface area contributed by atoms with Gasteiger partial charge in [-0.15, -0.1) is 0 Å². The fourth-order valence-electron chi connectivity index (χ4n) is 8.00. The maximum absolute atomic E-state index is 2.41. The highest BCUT2D eigenvalue weighted by molar-refractivity contribution is 6.12. The third kappa shape index (κ3) is 5.53. The number of nitrogens with zero attached hydrogens (tertiary/aromatic N) is 2. The van der Waals surface area contributed by atoms with Crippen molar-refractivity contribution in [1.82, 2.24) is 9.13 Å². The van der Waals surface area contributed by atoms with Crippen molar-refractivity contribution in [3.05, 3.63) is 229 Å². The quantitative estimate of drug-likeness (QED) is 0.148. The first-order valence-corrected chi connectivity index (χ1v) is 18.5. The third-order valence-electron chi connectivity index (χ3n) is 10.5. The molecular weight excluding hydrogens is 653 g/mol. The Bertz CT molecular complexity index is 2680. The fourth-order valence-corrected chi connectivity index (χ4v) is 8.00. The minimum Gasteiger partial charge on any atom is -0.309 e. The van der Waals surface area contributed by atoms with E-state index in [0.717, 1.165) is 33.6 Å². The van der Waals surface area contributed by atoms with E-state index in [0.29, 0.717) is 0 Å². The largest absolute Gasteiger partial charge is 0.309 e. The topological polar surface area (TPSA) is 9.86 Å². The molecule has 0 radical (unpaired) electrons. The lowest BCUT2D eigenvalue weighted by molar-refractivity contribution is 1.22. The first-order valence-electron chi connectivity index (χ1n) is 18.5. The van der Waals surface area contributed by atoms with Crippen molar-refractivity contribution in [1.29, 1.82) is 0 Å². The summed E-state index contributed by atoms with van der Waals surface area (Å²) in [7, 11) is 0. The minimum absolute atomic E-state index is 1.14. The van der Waals surface area contributed by atoms with Crippen LogP contribution in [0.1, 0.15) is 22.3 Å². The van der Waals surface area contributed by atoms with E-state index in [-0.39, 0.29) is 0 Å². The van der Waals surface area contributed by atoms with E-state index >= 15 is 0 Å². The second-order valence-corrected chi connectivity index (χ2v) is 13.8. The summed E-state index contributed by atoms with van der Waals surface area (Å²) in [6.45, 7) is 0. The van der Waals surface area contributed by atoms with Gasteiger partial charge in [0.1, 0.15) is 0 Å². The van der Waals surface area contributed by atoms with E-state index in [2.05, 4.69) is 228 Å². The summed E-state index contributed by atoms with van der Waals surface area (Å²) in [5.74, 6) is 0. The first kappa shape index (κ1) is 31.6. The zero-order valence-corrected chi connectivity index (χ0v) is 29.7. The van der Waals surface area contributed by atoms with E-state index in [1.165, 1.54) is 54.7 Å². The Labute approximate surface area is 314 Å². The second-order valence-electron chi connectivity index (χ2n) is 13.8. The second kappa shape index (κ2) is 13.4. The van der Waals surface area contributed by atoms with Gasteiger partial charge in [0.2, 0.25) is 0 Å². The molecule has 0 spiro atoms. The Kier molecular flexibility index (Phi) is 7.85. The molecule has 54 heavy (non-hydrogen) atoms. The summed E-state index contributed by atoms with van der Waals surface area (Å²) in [5, 5.41) is 5.02. The van der Waals surface area contributed by atoms with Crippen LogP contribution in [-0.2, 0) is 0 Å². The summed E-state index contributed by atoms with van der Waals surface area (Å²) in [6, 6.07) is 74.1. The van der Waals surface area contributed by atoms with Gasteiger partial charge in [0, 0.05) is 21.5 Å². The van der Waals surface area contributed by atoms with Gasteiger partial charge < -0.3 is 9.13 Å². The van der Waals surface area contributed by atoms with Gasteiger partial charge in [-0.25, -0.2) is 0 Å². The Morgan fingerprint density at radius 1 is 0.278 bits per heavy atom. The molecule has 0 aliphatic carbocycles. The molecule has 2 nitrogen and oxygen atoms in total. The maximum Gasteiger partial charge on any atom is 0.0541 e. The van der Waals surface area contributed by atoms with Crippen LogP contribution in [-0.4, -0.2) is 9.13 Å². The molecule has 0 N–H and O–H groups in total. The molecule has 2 heterocycles. The van der Waals surface area contributed by atoms with Gasteiger partial charge >= 0.3 is 0 Å². The van der Waals surface area contributed by atoms with Gasteiger partial charge in [-0.2, -0.15) is 0 Å². The van der Waals surface area contributed by atoms with Crippen LogP contribution in [0.2, 0.25) is 0 Å². The normalized spacial score (nSPS) is 12.3. The Morgan fingerprint density at radius 3 is 0.870 bits per heavy atom. The van der Waals surface area contributed by atoms with Crippen molar-refractivity contribution in [2.45, 2.75) is 0 Å². The van der Waals surface area contributed by atoms with Crippen molar-refractivity contribution in [3.63, 3.8) is 0 Å². The lowest BCUT2D eigenvalue weighted by Crippen LogP contribution is -2.00. The summed E-state index contributed by atoms with van der Waals surface area (Å²) in [5.41, 5.74) is 14.1. The van der Waals surface area contributed by atoms with Gasteiger partial charge in [0.25, 0.3) is 0 Å². The molecule has 0 fully saturated rings. The van der Waals surface area contributed by atoms with Crippen molar-refractivity contribution in [3.8, 4) is 11.1 Å². The average Bonchev–Trinajstić information content (AvgIpc) is 3.76. The van der Waals surface area contributed by atoms with E-state index in [1.54, 1.807) is 0 Å². The van der Waals surface area contributed by atoms with E-state index in [9.17, 15) is 0 Å². The van der Waals surface area contributed by atoms with Crippen LogP contribution in [0.5, 0.6) is 0 Å². The summed E-state index contributed by atoms with van der Waals surface area (Å²) in [6.07, 6.45) is 4.61. The van der Waals surface area contributed by atoms with Crippen LogP contribution in [0.4, 0.5) is 0 Å². The Balaban J connectivity index is 1.07. The lowest BCUT2D eigenvalue weighted by atomic mass is 9.99. The van der Waals surface area contributed by atoms with Crippen LogP contribution >= 0.6 is 0 Å². The molecule has 2 heteroatoms. The number of hydrogen-bond acceptors (Lipinski definition) is 0. The van der Waals surface area contributed by atoms with Crippen molar-refractivity contribution >= 4 is 67.2 Å². The predicted molar refractivity (Wildman–Crippen MR) is 230 cm³/mol. The highest BCUT2D eigenvalue weighted by atomic mass is 15.0. The molecule has 10 aromatic rings. The van der Waals surface area contributed by atoms with E-state index in [4.69, 9.17) is 0 Å². The molecule has 254 valence electrons. The molecule has 0 aliphatic rings. The number of benzene rings is 8. The van der Waals surface area contributed by atoms with Gasteiger partial charge in [-0.05, 0) is 69.8 Å². The zero-order chi connectivity index (χ0) is 35.8. The van der Waals surface area contributed by atoms with E-state index < -0.39 is 0 Å². The number of para-hydroxylation sites is 4. The van der Waals surface area contributed by atoms with Gasteiger partial charge in [-0.1, -0.05) is 182 Å². The zero-order valence-electron chi connectivity index (χ0n) is 29.7. The van der Waals surface area contributed by atoms with E-state index in [1.807, 2.05) is 0 Å². The summed E-state index contributed by atoms with van der Waals surface area (Å²) < 4.78 is 4.83. The lowest BCUT2D eigenvalue weighted by Gasteiger charge is -2.16. The molecule has 0 unspecified atom stereocenters. The smallest absolute Gasteiger partial charge is 0.0541 e. The average molecular weight is 689 g/mol. The summed E-state index contributed by atoms with van der Waals surface area (Å²) >= 11 is 0. The van der Waals surface area contributed by atoms with Crippen LogP contribution in [0, 0.1) is 0 Å². The highest BCUT2D eigenvalue weighted by Crippen LogP contribution is 2.37.